The van der Waals surface area contributed by atoms with Crippen LogP contribution in [0.2, 0.25) is 0 Å². The van der Waals surface area contributed by atoms with Gasteiger partial charge in [0.1, 0.15) is 0 Å². The molecule has 0 aromatic heterocycles. The van der Waals surface area contributed by atoms with E-state index in [4.69, 9.17) is 0 Å². The normalized spacial score (nSPS) is 10.9. The average Bonchev–Trinajstić information content (AvgIpc) is 2.59. The number of amides is 1. The number of carbonyl (C=O) groups excluding carboxylic acids is 1. The largest absolute Gasteiger partial charge is 0.353 e. The number of carbonyl (C=O) groups is 1. The number of benzene rings is 1. The van der Waals surface area contributed by atoms with Gasteiger partial charge in [-0.1, -0.05) is 51.9 Å². The van der Waals surface area contributed by atoms with Crippen LogP contribution in [0.15, 0.2) is 30.3 Å². The number of hydrogen-bond acceptors (Lipinski definition) is 3. The molecule has 0 saturated carbocycles. The quantitative estimate of drug-likeness (QED) is 0.257. The van der Waals surface area contributed by atoms with E-state index < -0.39 is 4.92 Å². The lowest BCUT2D eigenvalue weighted by atomic mass is 10.1. The molecule has 5 heteroatoms. The molecular weight excluding hydrogens is 304 g/mol. The lowest BCUT2D eigenvalue weighted by Crippen LogP contribution is -2.21. The molecule has 0 aliphatic heterocycles. The van der Waals surface area contributed by atoms with Crippen molar-refractivity contribution in [2.24, 2.45) is 0 Å². The van der Waals surface area contributed by atoms with Gasteiger partial charge in [0.05, 0.1) is 4.92 Å². The Kier molecular flexibility index (Phi) is 10.2. The number of nitrogens with one attached hydrogen (secondary N) is 1. The minimum Gasteiger partial charge on any atom is -0.353 e. The predicted molar refractivity (Wildman–Crippen MR) is 97.8 cm³/mol. The van der Waals surface area contributed by atoms with Gasteiger partial charge in [0.15, 0.2) is 0 Å². The summed E-state index contributed by atoms with van der Waals surface area (Å²) in [5, 5.41) is 13.4. The van der Waals surface area contributed by atoms with Crippen LogP contribution in [0.1, 0.15) is 63.9 Å². The van der Waals surface area contributed by atoms with E-state index in [0.29, 0.717) is 6.54 Å². The van der Waals surface area contributed by atoms with Gasteiger partial charge in [-0.15, -0.1) is 0 Å². The first-order chi connectivity index (χ1) is 11.6. The second kappa shape index (κ2) is 12.3. The number of nitrogens with zero attached hydrogens (tertiary/aromatic N) is 1. The Morgan fingerprint density at radius 2 is 1.62 bits per heavy atom. The number of non-ortho nitro benzene ring substituents is 1. The Hall–Kier alpha value is -2.17. The summed E-state index contributed by atoms with van der Waals surface area (Å²) in [6.45, 7) is 2.91. The highest BCUT2D eigenvalue weighted by molar-refractivity contribution is 5.91. The smallest absolute Gasteiger partial charge is 0.269 e. The van der Waals surface area contributed by atoms with Crippen molar-refractivity contribution in [2.45, 2.75) is 58.3 Å². The van der Waals surface area contributed by atoms with Gasteiger partial charge in [-0.3, -0.25) is 14.9 Å². The number of unbranched alkanes of at least 4 members (excludes halogenated alkanes) is 7. The average molecular weight is 332 g/mol. The second-order valence-electron chi connectivity index (χ2n) is 5.95. The first kappa shape index (κ1) is 19.9. The molecule has 0 heterocycles. The van der Waals surface area contributed by atoms with Crippen molar-refractivity contribution in [3.05, 3.63) is 46.0 Å². The number of nitro groups is 1. The van der Waals surface area contributed by atoms with Crippen LogP contribution in [-0.4, -0.2) is 17.4 Å². The molecule has 1 aromatic carbocycles. The van der Waals surface area contributed by atoms with Gasteiger partial charge >= 0.3 is 0 Å². The molecule has 0 radical (unpaired) electrons. The fraction of sp³-hybridized carbons (Fsp3) is 0.526. The van der Waals surface area contributed by atoms with E-state index >= 15 is 0 Å². The van der Waals surface area contributed by atoms with Gasteiger partial charge in [-0.05, 0) is 30.2 Å². The molecule has 0 atom stereocenters. The first-order valence-corrected chi connectivity index (χ1v) is 8.84. The standard InChI is InChI=1S/C19H28N2O3/c1-2-3-4-5-6-7-8-9-16-20-19(22)15-12-17-10-13-18(14-11-17)21(23)24/h10-15H,2-9,16H2,1H3,(H,20,22). The molecule has 1 aromatic rings. The van der Waals surface area contributed by atoms with Crippen LogP contribution < -0.4 is 5.32 Å². The molecule has 0 saturated heterocycles. The Morgan fingerprint density at radius 1 is 1.04 bits per heavy atom. The molecule has 0 spiro atoms. The van der Waals surface area contributed by atoms with Crippen LogP contribution in [0.5, 0.6) is 0 Å². The lowest BCUT2D eigenvalue weighted by Gasteiger charge is -2.03. The molecule has 24 heavy (non-hydrogen) atoms. The zero-order valence-corrected chi connectivity index (χ0v) is 14.5. The van der Waals surface area contributed by atoms with E-state index in [1.807, 2.05) is 0 Å². The third-order valence-corrected chi connectivity index (χ3v) is 3.86. The maximum Gasteiger partial charge on any atom is 0.269 e. The molecule has 0 aliphatic carbocycles. The summed E-state index contributed by atoms with van der Waals surface area (Å²) >= 11 is 0. The maximum absolute atomic E-state index is 11.7. The fourth-order valence-electron chi connectivity index (χ4n) is 2.41. The van der Waals surface area contributed by atoms with Crippen LogP contribution >= 0.6 is 0 Å². The monoisotopic (exact) mass is 332 g/mol. The highest BCUT2D eigenvalue weighted by Gasteiger charge is 2.02. The van der Waals surface area contributed by atoms with Gasteiger partial charge in [-0.25, -0.2) is 0 Å². The van der Waals surface area contributed by atoms with Gasteiger partial charge in [0.2, 0.25) is 5.91 Å². The highest BCUT2D eigenvalue weighted by atomic mass is 16.6. The summed E-state index contributed by atoms with van der Waals surface area (Å²) in [6.07, 6.45) is 13.1. The number of hydrogen-bond donors (Lipinski definition) is 1. The molecule has 0 unspecified atom stereocenters. The Morgan fingerprint density at radius 3 is 2.21 bits per heavy atom. The highest BCUT2D eigenvalue weighted by Crippen LogP contribution is 2.12. The van der Waals surface area contributed by atoms with Crippen molar-refractivity contribution in [1.82, 2.24) is 5.32 Å². The van der Waals surface area contributed by atoms with E-state index in [2.05, 4.69) is 12.2 Å². The number of nitro benzene ring substituents is 1. The molecule has 5 nitrogen and oxygen atoms in total. The van der Waals surface area contributed by atoms with Gasteiger partial charge in [0, 0.05) is 24.8 Å². The Bertz CT molecular complexity index is 524. The maximum atomic E-state index is 11.7. The third-order valence-electron chi connectivity index (χ3n) is 3.86. The molecule has 132 valence electrons. The summed E-state index contributed by atoms with van der Waals surface area (Å²) in [5.41, 5.74) is 0.814. The van der Waals surface area contributed by atoms with Crippen LogP contribution in [0.4, 0.5) is 5.69 Å². The van der Waals surface area contributed by atoms with E-state index in [9.17, 15) is 14.9 Å². The minimum atomic E-state index is -0.440. The van der Waals surface area contributed by atoms with Crippen molar-refractivity contribution in [3.63, 3.8) is 0 Å². The van der Waals surface area contributed by atoms with Gasteiger partial charge in [-0.2, -0.15) is 0 Å². The van der Waals surface area contributed by atoms with Crippen LogP contribution in [0.3, 0.4) is 0 Å². The molecule has 0 aliphatic rings. The van der Waals surface area contributed by atoms with Crippen molar-refractivity contribution in [1.29, 1.82) is 0 Å². The Balaban J connectivity index is 2.12. The predicted octanol–water partition coefficient (Wildman–Crippen LogP) is 4.86. The molecule has 0 bridgehead atoms. The molecular formula is C19H28N2O3. The van der Waals surface area contributed by atoms with Crippen molar-refractivity contribution in [3.8, 4) is 0 Å². The van der Waals surface area contributed by atoms with Crippen LogP contribution in [0, 0.1) is 10.1 Å². The zero-order valence-electron chi connectivity index (χ0n) is 14.5. The first-order valence-electron chi connectivity index (χ1n) is 8.84. The van der Waals surface area contributed by atoms with Gasteiger partial charge < -0.3 is 5.32 Å². The van der Waals surface area contributed by atoms with Crippen molar-refractivity contribution >= 4 is 17.7 Å². The van der Waals surface area contributed by atoms with Crippen LogP contribution in [0.25, 0.3) is 6.08 Å². The van der Waals surface area contributed by atoms with E-state index in [1.165, 1.54) is 56.7 Å². The summed E-state index contributed by atoms with van der Waals surface area (Å²) in [6, 6.07) is 6.11. The van der Waals surface area contributed by atoms with Crippen molar-refractivity contribution < 1.29 is 9.72 Å². The topological polar surface area (TPSA) is 72.2 Å². The fourth-order valence-corrected chi connectivity index (χ4v) is 2.41. The minimum absolute atomic E-state index is 0.0475. The SMILES string of the molecule is CCCCCCCCCCNC(=O)C=Cc1ccc([N+](=O)[O-])cc1. The molecule has 0 fully saturated rings. The van der Waals surface area contributed by atoms with Crippen LogP contribution in [-0.2, 0) is 4.79 Å². The summed E-state index contributed by atoms with van der Waals surface area (Å²) in [7, 11) is 0. The Labute approximate surface area is 144 Å². The number of rotatable bonds is 12. The lowest BCUT2D eigenvalue weighted by molar-refractivity contribution is -0.384. The second-order valence-corrected chi connectivity index (χ2v) is 5.95. The summed E-state index contributed by atoms with van der Waals surface area (Å²) in [4.78, 5) is 21.8. The molecule has 1 N–H and O–H groups in total. The van der Waals surface area contributed by atoms with Gasteiger partial charge in [0.25, 0.3) is 5.69 Å². The van der Waals surface area contributed by atoms with E-state index in [0.717, 1.165) is 18.4 Å². The van der Waals surface area contributed by atoms with E-state index in [-0.39, 0.29) is 11.6 Å². The van der Waals surface area contributed by atoms with Crippen molar-refractivity contribution in [2.75, 3.05) is 6.54 Å². The molecule has 1 rings (SSSR count). The van der Waals surface area contributed by atoms with E-state index in [1.54, 1.807) is 18.2 Å². The summed E-state index contributed by atoms with van der Waals surface area (Å²) < 4.78 is 0. The molecule has 1 amide bonds. The third kappa shape index (κ3) is 9.08. The zero-order chi connectivity index (χ0) is 17.6. The summed E-state index contributed by atoms with van der Waals surface area (Å²) in [5.74, 6) is -0.128.